The van der Waals surface area contributed by atoms with Crippen molar-refractivity contribution in [3.63, 3.8) is 0 Å². The SMILES string of the molecule is C(=Cc1ccc(N(c2ccccc2)c2ccc3c(c2)C2(c4ccccc4-3)c3cc(N(c4ccccc4)c4ccc(C=Cc5ccc(C=C6CCCCC6)cc5)cc4)ccc3-c3ccc(N(c4ccccc4)c4ccc(C=Cc5ccc(C=C6CCCCC6)cc5)cc4)cc32)cc1)c1ccc(C=C2CCCCC2)cc1. The minimum Gasteiger partial charge on any atom is -0.310 e. The van der Waals surface area contributed by atoms with Crippen LogP contribution in [0.25, 0.3) is 76.9 Å². The van der Waals surface area contributed by atoms with Gasteiger partial charge in [-0.15, -0.1) is 0 Å². The van der Waals surface area contributed by atoms with Crippen molar-refractivity contribution in [2.75, 3.05) is 14.7 Å². The molecule has 3 heteroatoms. The fourth-order valence-electron chi connectivity index (χ4n) is 17.7. The maximum absolute atomic E-state index is 2.53. The maximum Gasteiger partial charge on any atom is 0.0727 e. The van der Waals surface area contributed by atoms with Crippen LogP contribution in [0.2, 0.25) is 0 Å². The normalized spacial score (nSPS) is 15.8. The molecule has 0 saturated heterocycles. The molecular weight excluding hydrogens is 1320 g/mol. The first-order valence-electron chi connectivity index (χ1n) is 39.8. The van der Waals surface area contributed by atoms with Crippen molar-refractivity contribution in [3.8, 4) is 22.3 Å². The van der Waals surface area contributed by atoms with Gasteiger partial charge in [0.25, 0.3) is 0 Å². The number of hydrogen-bond donors (Lipinski definition) is 0. The summed E-state index contributed by atoms with van der Waals surface area (Å²) in [6.45, 7) is 0. The van der Waals surface area contributed by atoms with Crippen LogP contribution in [0.4, 0.5) is 51.2 Å². The molecule has 109 heavy (non-hydrogen) atoms. The number of para-hydroxylation sites is 3. The van der Waals surface area contributed by atoms with Crippen LogP contribution in [0.1, 0.15) is 169 Å². The van der Waals surface area contributed by atoms with Crippen molar-refractivity contribution < 1.29 is 0 Å². The first-order valence-corrected chi connectivity index (χ1v) is 39.8. The molecule has 0 heterocycles. The van der Waals surface area contributed by atoms with E-state index in [2.05, 4.69) is 385 Å². The van der Waals surface area contributed by atoms with Gasteiger partial charge in [-0.2, -0.15) is 0 Å². The zero-order valence-electron chi connectivity index (χ0n) is 62.2. The van der Waals surface area contributed by atoms with Gasteiger partial charge in [-0.25, -0.2) is 0 Å². The molecule has 3 saturated carbocycles. The minimum atomic E-state index is -0.773. The monoisotopic (exact) mass is 1410 g/mol. The molecule has 0 aromatic heterocycles. The largest absolute Gasteiger partial charge is 0.310 e. The molecule has 0 amide bonds. The molecule has 530 valence electrons. The first-order chi connectivity index (χ1) is 54.0. The molecule has 1 spiro atoms. The summed E-state index contributed by atoms with van der Waals surface area (Å²) >= 11 is 0. The summed E-state index contributed by atoms with van der Waals surface area (Å²) in [4.78, 5) is 7.33. The highest BCUT2D eigenvalue weighted by Gasteiger charge is 2.52. The smallest absolute Gasteiger partial charge is 0.0727 e. The standard InChI is InChI=1S/C106H91N3/c1-7-21-83(22-8-1)71-86-47-41-77(42-48-86)35-38-80-53-59-92(60-54-80)107(89-27-13-4-14-28-89)95-65-68-99-98-33-19-20-34-102(98)106(103(99)74-95)104-75-96(108(90-29-15-5-16-30-90)93-61-55-81(56-62-93)39-36-78-43-49-87(50-44-78)72-84-23-9-2-10-24-84)66-69-100(104)101-70-67-97(76-105(101)106)109(91-31-17-6-18-32-91)94-63-57-82(58-64-94)40-37-79-45-51-88(52-46-79)73-85-25-11-3-12-26-85/h4-6,13-20,27-76H,1-3,7-12,21-26H2. The van der Waals surface area contributed by atoms with E-state index in [1.165, 1.54) is 174 Å². The van der Waals surface area contributed by atoms with Crippen molar-refractivity contribution in [1.82, 2.24) is 0 Å². The van der Waals surface area contributed by atoms with Gasteiger partial charge >= 0.3 is 0 Å². The van der Waals surface area contributed by atoms with Gasteiger partial charge in [-0.1, -0.05) is 297 Å². The van der Waals surface area contributed by atoms with Gasteiger partial charge < -0.3 is 14.7 Å². The van der Waals surface area contributed by atoms with E-state index in [9.17, 15) is 0 Å². The lowest BCUT2D eigenvalue weighted by Crippen LogP contribution is -2.27. The molecule has 0 unspecified atom stereocenters. The quantitative estimate of drug-likeness (QED) is 0.0793. The average molecular weight is 1410 g/mol. The summed E-state index contributed by atoms with van der Waals surface area (Å²) in [6.07, 6.45) is 40.0. The summed E-state index contributed by atoms with van der Waals surface area (Å²) in [7, 11) is 0. The summed E-state index contributed by atoms with van der Waals surface area (Å²) in [5, 5.41) is 0. The van der Waals surface area contributed by atoms with Gasteiger partial charge in [0.1, 0.15) is 0 Å². The Labute approximate surface area is 644 Å². The van der Waals surface area contributed by atoms with Crippen LogP contribution in [0.5, 0.6) is 0 Å². The van der Waals surface area contributed by atoms with Gasteiger partial charge in [-0.3, -0.25) is 0 Å². The van der Waals surface area contributed by atoms with Gasteiger partial charge in [0.15, 0.2) is 0 Å². The number of benzene rings is 13. The van der Waals surface area contributed by atoms with Crippen molar-refractivity contribution in [1.29, 1.82) is 0 Å². The Kier molecular flexibility index (Phi) is 19.6. The first kappa shape index (κ1) is 68.5. The van der Waals surface area contributed by atoms with Gasteiger partial charge in [-0.05, 0) is 281 Å². The number of fused-ring (bicyclic) bond motifs is 10. The fourth-order valence-corrected chi connectivity index (χ4v) is 17.7. The maximum atomic E-state index is 2.53. The highest BCUT2D eigenvalue weighted by molar-refractivity contribution is 5.99. The van der Waals surface area contributed by atoms with E-state index >= 15 is 0 Å². The Hall–Kier alpha value is -12.3. The van der Waals surface area contributed by atoms with E-state index < -0.39 is 5.41 Å². The highest BCUT2D eigenvalue weighted by Crippen LogP contribution is 2.65. The topological polar surface area (TPSA) is 9.72 Å². The van der Waals surface area contributed by atoms with Crippen LogP contribution in [0, 0.1) is 0 Å². The summed E-state index contributed by atoms with van der Waals surface area (Å²) in [6, 6.07) is 118. The molecule has 0 atom stereocenters. The average Bonchev–Trinajstić information content (AvgIpc) is 1.50. The third kappa shape index (κ3) is 14.5. The molecule has 13 aromatic rings. The molecule has 0 aliphatic heterocycles. The zero-order valence-corrected chi connectivity index (χ0v) is 62.2. The van der Waals surface area contributed by atoms with E-state index in [4.69, 9.17) is 0 Å². The Morgan fingerprint density at radius 3 is 0.688 bits per heavy atom. The van der Waals surface area contributed by atoms with Gasteiger partial charge in [0.2, 0.25) is 0 Å². The summed E-state index contributed by atoms with van der Waals surface area (Å²) in [5.74, 6) is 0. The predicted molar refractivity (Wildman–Crippen MR) is 466 cm³/mol. The van der Waals surface area contributed by atoms with Crippen LogP contribution in [0.3, 0.4) is 0 Å². The van der Waals surface area contributed by atoms with Crippen LogP contribution in [-0.4, -0.2) is 0 Å². The molecule has 0 radical (unpaired) electrons. The molecule has 5 aliphatic carbocycles. The molecular formula is C106H91N3. The Morgan fingerprint density at radius 2 is 0.404 bits per heavy atom. The van der Waals surface area contributed by atoms with E-state index in [1.54, 1.807) is 16.7 Å². The van der Waals surface area contributed by atoms with E-state index in [0.29, 0.717) is 0 Å². The number of nitrogens with zero attached hydrogens (tertiary/aromatic N) is 3. The van der Waals surface area contributed by atoms with E-state index in [-0.39, 0.29) is 0 Å². The lowest BCUT2D eigenvalue weighted by molar-refractivity contribution is 0.602. The number of hydrogen-bond acceptors (Lipinski definition) is 3. The van der Waals surface area contributed by atoms with Crippen LogP contribution in [0.15, 0.2) is 332 Å². The van der Waals surface area contributed by atoms with Crippen molar-refractivity contribution in [3.05, 3.63) is 404 Å². The third-order valence-corrected chi connectivity index (χ3v) is 23.2. The molecule has 0 bridgehead atoms. The highest BCUT2D eigenvalue weighted by atomic mass is 15.2. The number of allylic oxidation sites excluding steroid dienone is 3. The predicted octanol–water partition coefficient (Wildman–Crippen LogP) is 30.0. The third-order valence-electron chi connectivity index (χ3n) is 23.2. The summed E-state index contributed by atoms with van der Waals surface area (Å²) < 4.78 is 0. The van der Waals surface area contributed by atoms with Crippen LogP contribution < -0.4 is 14.7 Å². The lowest BCUT2D eigenvalue weighted by atomic mass is 9.70. The zero-order chi connectivity index (χ0) is 72.7. The molecule has 13 aromatic carbocycles. The van der Waals surface area contributed by atoms with Crippen molar-refractivity contribution in [2.45, 2.75) is 102 Å². The Morgan fingerprint density at radius 1 is 0.183 bits per heavy atom. The van der Waals surface area contributed by atoms with Crippen LogP contribution >= 0.6 is 0 Å². The van der Waals surface area contributed by atoms with E-state index in [1.807, 2.05) is 0 Å². The van der Waals surface area contributed by atoms with Crippen molar-refractivity contribution >= 4 is 106 Å². The molecule has 18 rings (SSSR count). The molecule has 3 fully saturated rings. The van der Waals surface area contributed by atoms with Crippen LogP contribution in [-0.2, 0) is 5.41 Å². The Balaban J connectivity index is 0.744. The fraction of sp³-hybridized carbons (Fsp3) is 0.151. The van der Waals surface area contributed by atoms with Gasteiger partial charge in [0, 0.05) is 51.2 Å². The second-order valence-electron chi connectivity index (χ2n) is 30.4. The Bertz CT molecular complexity index is 5090. The number of anilines is 9. The number of rotatable bonds is 18. The minimum absolute atomic E-state index is 0.773. The van der Waals surface area contributed by atoms with Crippen molar-refractivity contribution in [2.24, 2.45) is 0 Å². The lowest BCUT2D eigenvalue weighted by Gasteiger charge is -2.34. The second-order valence-corrected chi connectivity index (χ2v) is 30.4. The van der Waals surface area contributed by atoms with Gasteiger partial charge in [0.05, 0.1) is 5.41 Å². The van der Waals surface area contributed by atoms with E-state index in [0.717, 1.165) is 67.9 Å². The molecule has 0 N–H and O–H groups in total. The molecule has 5 aliphatic rings. The molecule has 3 nitrogen and oxygen atoms in total. The second kappa shape index (κ2) is 31.3. The summed E-state index contributed by atoms with van der Waals surface area (Å²) in [5.41, 5.74) is 34.6.